The van der Waals surface area contributed by atoms with Crippen LogP contribution in [-0.4, -0.2) is 38.1 Å². The zero-order valence-corrected chi connectivity index (χ0v) is 17.7. The molecule has 0 heterocycles. The lowest BCUT2D eigenvalue weighted by atomic mass is 9.50. The monoisotopic (exact) mass is 438 g/mol. The van der Waals surface area contributed by atoms with Crippen LogP contribution >= 0.6 is 0 Å². The molecule has 0 radical (unpaired) electrons. The van der Waals surface area contributed by atoms with Crippen molar-refractivity contribution in [2.45, 2.75) is 76.9 Å². The summed E-state index contributed by atoms with van der Waals surface area (Å²) >= 11 is 0. The van der Waals surface area contributed by atoms with Crippen LogP contribution in [0.4, 0.5) is 0 Å². The van der Waals surface area contributed by atoms with E-state index in [-0.39, 0.29) is 5.41 Å². The van der Waals surface area contributed by atoms with E-state index in [0.29, 0.717) is 48.9 Å². The van der Waals surface area contributed by atoms with E-state index in [1.165, 1.54) is 0 Å². The molecule has 4 aliphatic rings. The van der Waals surface area contributed by atoms with Crippen LogP contribution in [0, 0.1) is 35.0 Å². The standard InChI is InChI=1S/C18H30O8S2/c1-18-9-8-14-13-5-3-12(25-27(19,20)21)10-11(13)2-4-15(14)16(18)6-7-17(18)26-28(22,23)24/h11-17H,2-10H2,1H3,(H,19,20,21)(H,22,23,24)/t11-,12+,13-,14+,15+,16-,17-,18-/m0/s1. The van der Waals surface area contributed by atoms with E-state index in [4.69, 9.17) is 17.5 Å². The number of hydrogen-bond acceptors (Lipinski definition) is 6. The first-order valence-corrected chi connectivity index (χ1v) is 13.0. The van der Waals surface area contributed by atoms with Crippen molar-refractivity contribution in [3.05, 3.63) is 0 Å². The average Bonchev–Trinajstić information content (AvgIpc) is 2.88. The Morgan fingerprint density at radius 3 is 2.14 bits per heavy atom. The van der Waals surface area contributed by atoms with Gasteiger partial charge in [-0.25, -0.2) is 8.37 Å². The first kappa shape index (κ1) is 21.0. The van der Waals surface area contributed by atoms with Gasteiger partial charge in [0.1, 0.15) is 0 Å². The van der Waals surface area contributed by atoms with Gasteiger partial charge in [-0.05, 0) is 92.8 Å². The molecule has 8 nitrogen and oxygen atoms in total. The largest absolute Gasteiger partial charge is 0.397 e. The SMILES string of the molecule is C[C@]12CC[C@H]3[C@@H](CC[C@H]4C[C@H](OS(=O)(=O)O)CC[C@@H]43)[C@@H]1CC[C@@H]2OS(=O)(=O)O. The topological polar surface area (TPSA) is 127 Å². The lowest BCUT2D eigenvalue weighted by molar-refractivity contribution is -0.0853. The van der Waals surface area contributed by atoms with Gasteiger partial charge in [0.25, 0.3) is 0 Å². The molecule has 0 aliphatic heterocycles. The summed E-state index contributed by atoms with van der Waals surface area (Å²) in [6.45, 7) is 2.11. The van der Waals surface area contributed by atoms with Gasteiger partial charge in [-0.3, -0.25) is 9.11 Å². The molecule has 4 fully saturated rings. The van der Waals surface area contributed by atoms with E-state index < -0.39 is 33.0 Å². The number of fused-ring (bicyclic) bond motifs is 5. The van der Waals surface area contributed by atoms with Crippen LogP contribution in [0.25, 0.3) is 0 Å². The molecule has 8 atom stereocenters. The summed E-state index contributed by atoms with van der Waals surface area (Å²) in [5.74, 6) is 2.43. The van der Waals surface area contributed by atoms with Crippen LogP contribution in [0.5, 0.6) is 0 Å². The zero-order chi connectivity index (χ0) is 20.3. The van der Waals surface area contributed by atoms with Crippen LogP contribution < -0.4 is 0 Å². The van der Waals surface area contributed by atoms with Crippen molar-refractivity contribution in [3.8, 4) is 0 Å². The second-order valence-corrected chi connectivity index (χ2v) is 11.6. The fraction of sp³-hybridized carbons (Fsp3) is 1.00. The second kappa shape index (κ2) is 7.16. The molecule has 0 aromatic carbocycles. The molecule has 0 bridgehead atoms. The third-order valence-corrected chi connectivity index (χ3v) is 9.31. The molecule has 2 N–H and O–H groups in total. The highest BCUT2D eigenvalue weighted by Gasteiger charge is 2.58. The van der Waals surface area contributed by atoms with Gasteiger partial charge >= 0.3 is 20.8 Å². The van der Waals surface area contributed by atoms with Gasteiger partial charge in [-0.2, -0.15) is 16.8 Å². The molecule has 0 unspecified atom stereocenters. The Morgan fingerprint density at radius 2 is 1.46 bits per heavy atom. The highest BCUT2D eigenvalue weighted by Crippen LogP contribution is 2.63. The fourth-order valence-corrected chi connectivity index (χ4v) is 8.45. The van der Waals surface area contributed by atoms with E-state index in [1.807, 2.05) is 0 Å². The number of hydrogen-bond donors (Lipinski definition) is 2. The highest BCUT2D eigenvalue weighted by molar-refractivity contribution is 7.81. The number of rotatable bonds is 4. The molecule has 0 saturated heterocycles. The quantitative estimate of drug-likeness (QED) is 0.641. The summed E-state index contributed by atoms with van der Waals surface area (Å²) < 4.78 is 72.6. The van der Waals surface area contributed by atoms with E-state index in [2.05, 4.69) is 6.92 Å². The summed E-state index contributed by atoms with van der Waals surface area (Å²) in [5.41, 5.74) is -0.227. The summed E-state index contributed by atoms with van der Waals surface area (Å²) in [7, 11) is -8.86. The van der Waals surface area contributed by atoms with Crippen molar-refractivity contribution in [3.63, 3.8) is 0 Å². The van der Waals surface area contributed by atoms with Gasteiger partial charge in [-0.15, -0.1) is 0 Å². The van der Waals surface area contributed by atoms with Gasteiger partial charge in [0.15, 0.2) is 0 Å². The molecule has 4 rings (SSSR count). The fourth-order valence-electron chi connectivity index (χ4n) is 7.33. The predicted molar refractivity (Wildman–Crippen MR) is 100.0 cm³/mol. The molecule has 0 aromatic rings. The summed E-state index contributed by atoms with van der Waals surface area (Å²) in [6.07, 6.45) is 6.85. The van der Waals surface area contributed by atoms with E-state index >= 15 is 0 Å². The third kappa shape index (κ3) is 4.00. The van der Waals surface area contributed by atoms with E-state index in [0.717, 1.165) is 38.5 Å². The first-order valence-electron chi connectivity index (χ1n) is 10.3. The van der Waals surface area contributed by atoms with E-state index in [1.54, 1.807) is 0 Å². The molecule has 0 amide bonds. The Morgan fingerprint density at radius 1 is 0.786 bits per heavy atom. The molecule has 162 valence electrons. The maximum absolute atomic E-state index is 11.3. The Hall–Kier alpha value is -0.260. The minimum Gasteiger partial charge on any atom is -0.264 e. The molecule has 0 aromatic heterocycles. The van der Waals surface area contributed by atoms with Crippen molar-refractivity contribution in [1.29, 1.82) is 0 Å². The minimum absolute atomic E-state index is 0.227. The van der Waals surface area contributed by atoms with Crippen molar-refractivity contribution in [1.82, 2.24) is 0 Å². The lowest BCUT2D eigenvalue weighted by Gasteiger charge is -2.55. The van der Waals surface area contributed by atoms with Crippen LogP contribution in [0.3, 0.4) is 0 Å². The highest BCUT2D eigenvalue weighted by atomic mass is 32.3. The van der Waals surface area contributed by atoms with Crippen molar-refractivity contribution < 1.29 is 34.3 Å². The van der Waals surface area contributed by atoms with Gasteiger partial charge in [0.05, 0.1) is 12.2 Å². The van der Waals surface area contributed by atoms with Crippen molar-refractivity contribution in [2.24, 2.45) is 35.0 Å². The smallest absolute Gasteiger partial charge is 0.264 e. The Bertz CT molecular complexity index is 809. The minimum atomic E-state index is -4.45. The maximum Gasteiger partial charge on any atom is 0.397 e. The van der Waals surface area contributed by atoms with Crippen LogP contribution in [0.2, 0.25) is 0 Å². The van der Waals surface area contributed by atoms with Gasteiger partial charge in [0.2, 0.25) is 0 Å². The molecule has 4 aliphatic carbocycles. The lowest BCUT2D eigenvalue weighted by Crippen LogP contribution is -2.50. The average molecular weight is 439 g/mol. The maximum atomic E-state index is 11.3. The molecular formula is C18H30O8S2. The normalized spacial score (nSPS) is 46.5. The Balaban J connectivity index is 1.46. The summed E-state index contributed by atoms with van der Waals surface area (Å²) in [5, 5.41) is 0. The summed E-state index contributed by atoms with van der Waals surface area (Å²) in [6, 6.07) is 0. The van der Waals surface area contributed by atoms with E-state index in [9.17, 15) is 16.8 Å². The molecule has 28 heavy (non-hydrogen) atoms. The third-order valence-electron chi connectivity index (χ3n) is 8.31. The second-order valence-electron chi connectivity index (χ2n) is 9.53. The van der Waals surface area contributed by atoms with Crippen molar-refractivity contribution in [2.75, 3.05) is 0 Å². The van der Waals surface area contributed by atoms with Gasteiger partial charge < -0.3 is 0 Å². The van der Waals surface area contributed by atoms with Gasteiger partial charge in [0, 0.05) is 0 Å². The molecule has 0 spiro atoms. The summed E-state index contributed by atoms with van der Waals surface area (Å²) in [4.78, 5) is 0. The Labute approximate surface area is 167 Å². The van der Waals surface area contributed by atoms with Crippen LogP contribution in [-0.2, 0) is 29.2 Å². The molecule has 10 heteroatoms. The zero-order valence-electron chi connectivity index (χ0n) is 16.1. The first-order chi connectivity index (χ1) is 13.0. The van der Waals surface area contributed by atoms with Crippen LogP contribution in [0.15, 0.2) is 0 Å². The van der Waals surface area contributed by atoms with Gasteiger partial charge in [-0.1, -0.05) is 6.92 Å². The molecular weight excluding hydrogens is 408 g/mol. The molecule has 4 saturated carbocycles. The predicted octanol–water partition coefficient (Wildman–Crippen LogP) is 3.02. The Kier molecular flexibility index (Phi) is 5.37. The van der Waals surface area contributed by atoms with Crippen LogP contribution in [0.1, 0.15) is 64.7 Å². The van der Waals surface area contributed by atoms with Crippen molar-refractivity contribution >= 4 is 20.8 Å².